The molecule has 0 aliphatic rings. The van der Waals surface area contributed by atoms with E-state index >= 15 is 0 Å². The van der Waals surface area contributed by atoms with Crippen molar-refractivity contribution in [2.75, 3.05) is 6.26 Å². The van der Waals surface area contributed by atoms with E-state index in [1.807, 2.05) is 0 Å². The van der Waals surface area contributed by atoms with Crippen LogP contribution < -0.4 is 0 Å². The van der Waals surface area contributed by atoms with Crippen LogP contribution in [-0.4, -0.2) is 25.9 Å². The maximum atomic E-state index is 10.4. The zero-order valence-corrected chi connectivity index (χ0v) is 5.67. The summed E-state index contributed by atoms with van der Waals surface area (Å²) in [5.41, 5.74) is 0. The molecule has 0 rings (SSSR count). The number of nitrogens with zero attached hydrogens (tertiary/aromatic N) is 3. The van der Waals surface area contributed by atoms with Gasteiger partial charge in [-0.25, -0.2) is 0 Å². The van der Waals surface area contributed by atoms with E-state index in [4.69, 9.17) is 0 Å². The highest BCUT2D eigenvalue weighted by molar-refractivity contribution is 7.88. The van der Waals surface area contributed by atoms with Crippen molar-refractivity contribution in [2.24, 2.45) is 5.10 Å². The quantitative estimate of drug-likeness (QED) is 0.400. The molecular weight excluding hydrogens is 142 g/mol. The summed E-state index contributed by atoms with van der Waals surface area (Å²) in [5, 5.41) is 2.98. The third kappa shape index (κ3) is 2.10. The van der Waals surface area contributed by atoms with Gasteiger partial charge in [-0.05, 0) is 4.95 Å². The molecule has 0 fully saturated rings. The van der Waals surface area contributed by atoms with Crippen molar-refractivity contribution in [3.8, 4) is 6.57 Å². The topological polar surface area (TPSA) is 54.1 Å². The van der Waals surface area contributed by atoms with Crippen molar-refractivity contribution in [3.05, 3.63) is 4.95 Å². The lowest BCUT2D eigenvalue weighted by atomic mass is 11.7. The second-order valence-corrected chi connectivity index (χ2v) is 3.04. The molecule has 0 N–H and O–H groups in total. The Morgan fingerprint density at radius 2 is 2.22 bits per heavy atom. The first-order valence-electron chi connectivity index (χ1n) is 1.90. The van der Waals surface area contributed by atoms with E-state index in [-0.39, 0.29) is 0 Å². The zero-order valence-electron chi connectivity index (χ0n) is 4.85. The van der Waals surface area contributed by atoms with Crippen LogP contribution in [0, 0.1) is 6.57 Å². The fraction of sp³-hybridized carbons (Fsp3) is 0.333. The largest absolute Gasteiger partial charge is 0.317 e. The van der Waals surface area contributed by atoms with E-state index < -0.39 is 10.0 Å². The molecular formula is C3H6N3O2S+. The van der Waals surface area contributed by atoms with E-state index in [1.54, 1.807) is 0 Å². The zero-order chi connectivity index (χ0) is 7.49. The molecule has 9 heavy (non-hydrogen) atoms. The van der Waals surface area contributed by atoms with Gasteiger partial charge in [-0.1, -0.05) is 0 Å². The molecule has 0 aliphatic carbocycles. The average Bonchev–Trinajstić information content (AvgIpc) is 1.65. The van der Waals surface area contributed by atoms with Crippen LogP contribution in [0.5, 0.6) is 0 Å². The Kier molecular flexibility index (Phi) is 2.16. The lowest BCUT2D eigenvalue weighted by Gasteiger charge is -1.90. The van der Waals surface area contributed by atoms with Crippen LogP contribution in [0.15, 0.2) is 5.10 Å². The van der Waals surface area contributed by atoms with Gasteiger partial charge in [-0.15, -0.1) is 0 Å². The smallest absolute Gasteiger partial charge is 0.199 e. The van der Waals surface area contributed by atoms with Crippen molar-refractivity contribution >= 4 is 16.7 Å². The second kappa shape index (κ2) is 2.46. The molecule has 0 amide bonds. The normalized spacial score (nSPS) is 9.78. The fourth-order valence-electron chi connectivity index (χ4n) is 0.227. The Hall–Kier alpha value is -1.09. The highest BCUT2D eigenvalue weighted by Gasteiger charge is 2.20. The van der Waals surface area contributed by atoms with E-state index in [2.05, 4.69) is 23.3 Å². The van der Waals surface area contributed by atoms with Crippen LogP contribution >= 0.6 is 0 Å². The number of sulfonamides is 1. The van der Waals surface area contributed by atoms with Gasteiger partial charge in [0.25, 0.3) is 0 Å². The van der Waals surface area contributed by atoms with Crippen molar-refractivity contribution in [1.82, 2.24) is 4.52 Å². The number of rotatable bonds is 2. The lowest BCUT2D eigenvalue weighted by Crippen LogP contribution is -2.15. The second-order valence-electron chi connectivity index (χ2n) is 1.24. The molecule has 0 unspecified atom stereocenters. The summed E-state index contributed by atoms with van der Waals surface area (Å²) < 4.78 is 21.2. The Balaban J connectivity index is 4.58. The van der Waals surface area contributed by atoms with Gasteiger partial charge in [0.05, 0.1) is 11.4 Å². The van der Waals surface area contributed by atoms with Gasteiger partial charge in [0.15, 0.2) is 11.1 Å². The van der Waals surface area contributed by atoms with E-state index in [9.17, 15) is 8.42 Å². The molecule has 0 heterocycles. The predicted molar refractivity (Wildman–Crippen MR) is 34.5 cm³/mol. The molecule has 0 spiro atoms. The van der Waals surface area contributed by atoms with Crippen LogP contribution in [0.2, 0.25) is 0 Å². The van der Waals surface area contributed by atoms with Crippen LogP contribution in [0.3, 0.4) is 0 Å². The third-order valence-corrected chi connectivity index (χ3v) is 1.32. The summed E-state index contributed by atoms with van der Waals surface area (Å²) in [6, 6.07) is 0. The fourth-order valence-corrected chi connectivity index (χ4v) is 0.608. The molecule has 6 heteroatoms. The summed E-state index contributed by atoms with van der Waals surface area (Å²) in [6.45, 7) is 7.53. The van der Waals surface area contributed by atoms with Gasteiger partial charge in [-0.2, -0.15) is 8.42 Å². The van der Waals surface area contributed by atoms with Crippen LogP contribution in [-0.2, 0) is 10.0 Å². The summed E-state index contributed by atoms with van der Waals surface area (Å²) in [5.74, 6) is 0. The Morgan fingerprint density at radius 1 is 1.78 bits per heavy atom. The SMILES string of the molecule is C#[N+]N(N=C)S(C)(=O)=O. The third-order valence-electron chi connectivity index (χ3n) is 0.516. The molecule has 50 valence electrons. The Labute approximate surface area is 53.4 Å². The van der Waals surface area contributed by atoms with Crippen molar-refractivity contribution in [1.29, 1.82) is 0 Å². The van der Waals surface area contributed by atoms with E-state index in [1.165, 1.54) is 0 Å². The van der Waals surface area contributed by atoms with Crippen molar-refractivity contribution < 1.29 is 8.42 Å². The first-order chi connectivity index (χ1) is 4.02. The maximum Gasteiger partial charge on any atom is 0.317 e. The first-order valence-corrected chi connectivity index (χ1v) is 3.75. The van der Waals surface area contributed by atoms with Gasteiger partial charge in [0.2, 0.25) is 0 Å². The van der Waals surface area contributed by atoms with Gasteiger partial charge < -0.3 is 0 Å². The Bertz CT molecular complexity index is 236. The van der Waals surface area contributed by atoms with Gasteiger partial charge in [0, 0.05) is 0 Å². The number of hydrazone groups is 1. The molecule has 0 aromatic heterocycles. The molecule has 5 nitrogen and oxygen atoms in total. The highest BCUT2D eigenvalue weighted by atomic mass is 32.2. The number of hydrogen-bond donors (Lipinski definition) is 0. The molecule has 0 aliphatic heterocycles. The summed E-state index contributed by atoms with van der Waals surface area (Å²) in [6.07, 6.45) is 0.915. The summed E-state index contributed by atoms with van der Waals surface area (Å²) >= 11 is 0. The minimum atomic E-state index is -3.45. The predicted octanol–water partition coefficient (Wildman–Crippen LogP) is -0.259. The minimum Gasteiger partial charge on any atom is -0.199 e. The molecule has 0 saturated heterocycles. The average molecular weight is 148 g/mol. The highest BCUT2D eigenvalue weighted by Crippen LogP contribution is 1.95. The molecule has 0 atom stereocenters. The van der Waals surface area contributed by atoms with Crippen LogP contribution in [0.25, 0.3) is 4.95 Å². The standard InChI is InChI=1S/C3H6N3O2S/c1-4-6(5-2)9(3,7)8/h1H,2H2,3H3/q+1. The Morgan fingerprint density at radius 3 is 2.22 bits per heavy atom. The van der Waals surface area contributed by atoms with Crippen LogP contribution in [0.1, 0.15) is 0 Å². The van der Waals surface area contributed by atoms with Gasteiger partial charge in [0.1, 0.15) is 6.72 Å². The molecule has 0 radical (unpaired) electrons. The maximum absolute atomic E-state index is 10.4. The van der Waals surface area contributed by atoms with E-state index in [0.717, 1.165) is 6.26 Å². The van der Waals surface area contributed by atoms with Crippen LogP contribution in [0.4, 0.5) is 0 Å². The van der Waals surface area contributed by atoms with Gasteiger partial charge >= 0.3 is 10.0 Å². The van der Waals surface area contributed by atoms with E-state index in [0.29, 0.717) is 4.52 Å². The lowest BCUT2D eigenvalue weighted by molar-refractivity contribution is 0.521. The minimum absolute atomic E-state index is 0.326. The van der Waals surface area contributed by atoms with Crippen molar-refractivity contribution in [3.63, 3.8) is 0 Å². The molecule has 0 saturated carbocycles. The van der Waals surface area contributed by atoms with Gasteiger partial charge in [-0.3, -0.25) is 0 Å². The summed E-state index contributed by atoms with van der Waals surface area (Å²) in [4.78, 5) is 2.79. The molecule has 0 aromatic rings. The molecule has 0 aromatic carbocycles. The number of hydrogen-bond acceptors (Lipinski definition) is 3. The monoisotopic (exact) mass is 148 g/mol. The van der Waals surface area contributed by atoms with Crippen molar-refractivity contribution in [2.45, 2.75) is 0 Å². The first kappa shape index (κ1) is 7.91. The summed E-state index contributed by atoms with van der Waals surface area (Å²) in [7, 11) is -3.45. The molecule has 0 bridgehead atoms.